The molecule has 4 rings (SSSR count). The molecule has 2 fully saturated rings. The van der Waals surface area contributed by atoms with E-state index in [4.69, 9.17) is 4.74 Å². The standard InChI is InChI=1S/C23H22F3N3O5/c1-21(2,3)34-18(30)17-12-27-11-8-14(17)13-28-20(32)29(19(31)22(28)9-10-22)15-4-6-16(7-5-15)33-23(24,25)26/h4-8,11-12H,9-10,13H2,1-3H3. The highest BCUT2D eigenvalue weighted by Crippen LogP contribution is 2.50. The highest BCUT2D eigenvalue weighted by atomic mass is 19.4. The molecule has 1 aromatic heterocycles. The lowest BCUT2D eigenvalue weighted by atomic mass is 10.1. The van der Waals surface area contributed by atoms with Crippen LogP contribution in [0.25, 0.3) is 0 Å². The van der Waals surface area contributed by atoms with Crippen molar-refractivity contribution in [2.45, 2.75) is 57.7 Å². The first-order valence-electron chi connectivity index (χ1n) is 10.5. The zero-order chi connectivity index (χ0) is 24.9. The van der Waals surface area contributed by atoms with Gasteiger partial charge in [-0.05, 0) is 69.5 Å². The van der Waals surface area contributed by atoms with Gasteiger partial charge in [0.15, 0.2) is 0 Å². The summed E-state index contributed by atoms with van der Waals surface area (Å²) in [5, 5.41) is 0. The van der Waals surface area contributed by atoms with Crippen molar-refractivity contribution in [1.82, 2.24) is 9.88 Å². The van der Waals surface area contributed by atoms with Crippen LogP contribution in [0.15, 0.2) is 42.7 Å². The van der Waals surface area contributed by atoms with Crippen LogP contribution in [-0.2, 0) is 16.1 Å². The first-order chi connectivity index (χ1) is 15.8. The van der Waals surface area contributed by atoms with Crippen molar-refractivity contribution in [3.63, 3.8) is 0 Å². The number of halogens is 3. The number of esters is 1. The zero-order valence-corrected chi connectivity index (χ0v) is 18.7. The number of rotatable bonds is 5. The van der Waals surface area contributed by atoms with Crippen LogP contribution in [0.3, 0.4) is 0 Å². The van der Waals surface area contributed by atoms with Gasteiger partial charge in [-0.1, -0.05) is 0 Å². The molecule has 0 N–H and O–H groups in total. The summed E-state index contributed by atoms with van der Waals surface area (Å²) in [5.41, 5.74) is -1.01. The number of hydrogen-bond donors (Lipinski definition) is 0. The number of imide groups is 1. The van der Waals surface area contributed by atoms with Crippen molar-refractivity contribution in [2.24, 2.45) is 0 Å². The number of hydrogen-bond acceptors (Lipinski definition) is 6. The predicted molar refractivity (Wildman–Crippen MR) is 113 cm³/mol. The minimum atomic E-state index is -4.86. The Morgan fingerprint density at radius 2 is 1.74 bits per heavy atom. The number of benzene rings is 1. The van der Waals surface area contributed by atoms with Crippen molar-refractivity contribution >= 4 is 23.6 Å². The first kappa shape index (κ1) is 23.5. The quantitative estimate of drug-likeness (QED) is 0.468. The van der Waals surface area contributed by atoms with Gasteiger partial charge in [-0.2, -0.15) is 0 Å². The van der Waals surface area contributed by atoms with Gasteiger partial charge in [-0.15, -0.1) is 13.2 Å². The largest absolute Gasteiger partial charge is 0.573 e. The molecule has 1 aliphatic carbocycles. The number of ether oxygens (including phenoxy) is 2. The summed E-state index contributed by atoms with van der Waals surface area (Å²) in [6, 6.07) is 5.46. The van der Waals surface area contributed by atoms with E-state index in [0.717, 1.165) is 17.0 Å². The highest BCUT2D eigenvalue weighted by Gasteiger charge is 2.65. The second-order valence-corrected chi connectivity index (χ2v) is 9.12. The monoisotopic (exact) mass is 477 g/mol. The summed E-state index contributed by atoms with van der Waals surface area (Å²) in [4.78, 5) is 45.4. The second-order valence-electron chi connectivity index (χ2n) is 9.12. The van der Waals surface area contributed by atoms with E-state index in [1.807, 2.05) is 0 Å². The predicted octanol–water partition coefficient (Wildman–Crippen LogP) is 4.44. The summed E-state index contributed by atoms with van der Waals surface area (Å²) >= 11 is 0. The number of pyridine rings is 1. The summed E-state index contributed by atoms with van der Waals surface area (Å²) in [5.74, 6) is -1.53. The third kappa shape index (κ3) is 4.55. The third-order valence-corrected chi connectivity index (χ3v) is 5.45. The number of alkyl halides is 3. The maximum absolute atomic E-state index is 13.3. The number of urea groups is 1. The molecule has 1 aliphatic heterocycles. The van der Waals surface area contributed by atoms with Crippen LogP contribution in [0.2, 0.25) is 0 Å². The average molecular weight is 477 g/mol. The molecule has 8 nitrogen and oxygen atoms in total. The Bertz CT molecular complexity index is 1140. The van der Waals surface area contributed by atoms with Crippen molar-refractivity contribution in [3.8, 4) is 5.75 Å². The number of carbonyl (C=O) groups excluding carboxylic acids is 3. The Morgan fingerprint density at radius 3 is 2.29 bits per heavy atom. The Balaban J connectivity index is 1.59. The van der Waals surface area contributed by atoms with Crippen LogP contribution < -0.4 is 9.64 Å². The lowest BCUT2D eigenvalue weighted by Crippen LogP contribution is -2.37. The molecule has 2 aliphatic rings. The lowest BCUT2D eigenvalue weighted by Gasteiger charge is -2.24. The number of anilines is 1. The fraction of sp³-hybridized carbons (Fsp3) is 0.391. The van der Waals surface area contributed by atoms with Gasteiger partial charge >= 0.3 is 18.4 Å². The summed E-state index contributed by atoms with van der Waals surface area (Å²) < 4.78 is 46.6. The maximum Gasteiger partial charge on any atom is 0.573 e. The lowest BCUT2D eigenvalue weighted by molar-refractivity contribution is -0.274. The molecule has 3 amide bonds. The van der Waals surface area contributed by atoms with Gasteiger partial charge in [0.25, 0.3) is 5.91 Å². The number of aromatic nitrogens is 1. The Labute approximate surface area is 193 Å². The molecule has 1 spiro atoms. The molecule has 2 aromatic rings. The molecule has 180 valence electrons. The van der Waals surface area contributed by atoms with Gasteiger partial charge in [0, 0.05) is 18.9 Å². The van der Waals surface area contributed by atoms with Crippen LogP contribution in [0.5, 0.6) is 5.75 Å². The smallest absolute Gasteiger partial charge is 0.456 e. The molecule has 1 saturated carbocycles. The van der Waals surface area contributed by atoms with E-state index in [1.165, 1.54) is 29.4 Å². The van der Waals surface area contributed by atoms with Gasteiger partial charge in [0.05, 0.1) is 11.3 Å². The van der Waals surface area contributed by atoms with Crippen molar-refractivity contribution in [2.75, 3.05) is 4.90 Å². The van der Waals surface area contributed by atoms with Crippen LogP contribution >= 0.6 is 0 Å². The molecular weight excluding hydrogens is 455 g/mol. The number of amides is 3. The second kappa shape index (κ2) is 8.00. The molecule has 0 bridgehead atoms. The van der Waals surface area contributed by atoms with E-state index in [-0.39, 0.29) is 17.8 Å². The van der Waals surface area contributed by atoms with Crippen molar-refractivity contribution in [3.05, 3.63) is 53.9 Å². The van der Waals surface area contributed by atoms with Crippen LogP contribution in [0.4, 0.5) is 23.7 Å². The van der Waals surface area contributed by atoms with Crippen molar-refractivity contribution in [1.29, 1.82) is 0 Å². The minimum Gasteiger partial charge on any atom is -0.456 e. The Hall–Kier alpha value is -3.63. The van der Waals surface area contributed by atoms with E-state index in [1.54, 1.807) is 26.8 Å². The van der Waals surface area contributed by atoms with E-state index >= 15 is 0 Å². The molecule has 0 atom stereocenters. The fourth-order valence-corrected chi connectivity index (χ4v) is 3.81. The Morgan fingerprint density at radius 1 is 1.09 bits per heavy atom. The summed E-state index contributed by atoms with van der Waals surface area (Å²) in [6.07, 6.45) is -1.15. The van der Waals surface area contributed by atoms with Crippen molar-refractivity contribution < 1.29 is 37.0 Å². The van der Waals surface area contributed by atoms with E-state index in [0.29, 0.717) is 18.4 Å². The van der Waals surface area contributed by atoms with E-state index in [2.05, 4.69) is 9.72 Å². The number of carbonyl (C=O) groups is 3. The Kier molecular flexibility index (Phi) is 5.53. The van der Waals surface area contributed by atoms with E-state index in [9.17, 15) is 27.6 Å². The van der Waals surface area contributed by atoms with Crippen LogP contribution in [0, 0.1) is 0 Å². The van der Waals surface area contributed by atoms with Gasteiger partial charge < -0.3 is 14.4 Å². The third-order valence-electron chi connectivity index (χ3n) is 5.45. The molecule has 34 heavy (non-hydrogen) atoms. The molecular formula is C23H22F3N3O5. The summed E-state index contributed by atoms with van der Waals surface area (Å²) in [7, 11) is 0. The molecule has 1 saturated heterocycles. The van der Waals surface area contributed by atoms with Gasteiger partial charge in [0.1, 0.15) is 16.9 Å². The fourth-order valence-electron chi connectivity index (χ4n) is 3.81. The number of nitrogens with zero attached hydrogens (tertiary/aromatic N) is 3. The average Bonchev–Trinajstić information content (AvgIpc) is 3.49. The molecule has 11 heteroatoms. The van der Waals surface area contributed by atoms with Gasteiger partial charge in [-0.25, -0.2) is 14.5 Å². The van der Waals surface area contributed by atoms with E-state index < -0.39 is 41.2 Å². The first-order valence-corrected chi connectivity index (χ1v) is 10.5. The van der Waals surface area contributed by atoms with Gasteiger partial charge in [0.2, 0.25) is 0 Å². The van der Waals surface area contributed by atoms with Gasteiger partial charge in [-0.3, -0.25) is 9.78 Å². The molecule has 1 aromatic carbocycles. The summed E-state index contributed by atoms with van der Waals surface area (Å²) in [6.45, 7) is 5.15. The maximum atomic E-state index is 13.3. The van der Waals surface area contributed by atoms with Crippen LogP contribution in [0.1, 0.15) is 49.5 Å². The topological polar surface area (TPSA) is 89.0 Å². The SMILES string of the molecule is CC(C)(C)OC(=O)c1cnccc1CN1C(=O)N(c2ccc(OC(F)(F)F)cc2)C(=O)C12CC2. The molecule has 0 radical (unpaired) electrons. The molecule has 0 unspecified atom stereocenters. The highest BCUT2D eigenvalue weighted by molar-refractivity contribution is 6.24. The zero-order valence-electron chi connectivity index (χ0n) is 18.7. The minimum absolute atomic E-state index is 0.0343. The normalized spacial score (nSPS) is 17.4. The van der Waals surface area contributed by atoms with Crippen LogP contribution in [-0.4, -0.2) is 45.3 Å². The molecule has 2 heterocycles.